The molecule has 6 aromatic carbocycles. The molecular weight excluding hydrogens is 725 g/mol. The first-order chi connectivity index (χ1) is 27.4. The van der Waals surface area contributed by atoms with E-state index in [-0.39, 0.29) is 0 Å². The molecule has 2 N–H and O–H groups in total. The molecule has 6 nitrogen and oxygen atoms in total. The Labute approximate surface area is 339 Å². The Morgan fingerprint density at radius 3 is 1.16 bits per heavy atom. The zero-order valence-electron chi connectivity index (χ0n) is 32.2. The van der Waals surface area contributed by atoms with Crippen LogP contribution in [-0.4, -0.2) is 21.8 Å². The van der Waals surface area contributed by atoms with Gasteiger partial charge in [-0.1, -0.05) is 144 Å². The van der Waals surface area contributed by atoms with Gasteiger partial charge in [0.05, 0.1) is 11.4 Å². The van der Waals surface area contributed by atoms with E-state index in [2.05, 4.69) is 182 Å². The third-order valence-corrected chi connectivity index (χ3v) is 11.0. The number of nitrogens with one attached hydrogen (secondary N) is 2. The zero-order chi connectivity index (χ0) is 38.7. The maximum Gasteiger partial charge on any atom is 0.175 e. The number of aliphatic imine (C=N–C) groups is 2. The summed E-state index contributed by atoms with van der Waals surface area (Å²) in [5.41, 5.74) is 10.1. The Bertz CT molecular complexity index is 2190. The first-order valence-electron chi connectivity index (χ1n) is 18.7. The lowest BCUT2D eigenvalue weighted by Gasteiger charge is -2.36. The number of thioether (sulfide) groups is 2. The van der Waals surface area contributed by atoms with Crippen molar-refractivity contribution in [2.45, 2.75) is 27.7 Å². The summed E-state index contributed by atoms with van der Waals surface area (Å²) in [4.78, 5) is 15.3. The van der Waals surface area contributed by atoms with E-state index in [1.165, 1.54) is 11.1 Å². The average molecular weight is 771 g/mol. The summed E-state index contributed by atoms with van der Waals surface area (Å²) in [7, 11) is 0. The van der Waals surface area contributed by atoms with Gasteiger partial charge in [0.2, 0.25) is 0 Å². The van der Waals surface area contributed by atoms with Crippen molar-refractivity contribution in [2.75, 3.05) is 31.9 Å². The number of hydrogen-bond donors (Lipinski definition) is 2. The Morgan fingerprint density at radius 1 is 0.429 bits per heavy atom. The predicted molar refractivity (Wildman–Crippen MR) is 245 cm³/mol. The number of benzene rings is 6. The Hall–Kier alpha value is -5.96. The van der Waals surface area contributed by atoms with Crippen molar-refractivity contribution in [3.63, 3.8) is 0 Å². The van der Waals surface area contributed by atoms with Gasteiger partial charge in [0.25, 0.3) is 0 Å². The Kier molecular flexibility index (Phi) is 12.7. The normalized spacial score (nSPS) is 17.3. The van der Waals surface area contributed by atoms with Crippen LogP contribution in [0, 0.1) is 27.7 Å². The van der Waals surface area contributed by atoms with Crippen molar-refractivity contribution in [1.82, 2.24) is 0 Å². The monoisotopic (exact) mass is 770 g/mol. The summed E-state index contributed by atoms with van der Waals surface area (Å²) in [6.07, 6.45) is 4.46. The topological polar surface area (TPSA) is 55.3 Å². The maximum absolute atomic E-state index is 5.41. The third kappa shape index (κ3) is 9.63. The average Bonchev–Trinajstić information content (AvgIpc) is 3.21. The molecule has 280 valence electrons. The molecule has 0 amide bonds. The van der Waals surface area contributed by atoms with Crippen LogP contribution in [0.4, 0.5) is 34.1 Å². The van der Waals surface area contributed by atoms with E-state index in [0.717, 1.165) is 78.7 Å². The zero-order valence-corrected chi connectivity index (χ0v) is 33.8. The fourth-order valence-corrected chi connectivity index (χ4v) is 7.84. The minimum atomic E-state index is 0.722. The van der Waals surface area contributed by atoms with E-state index in [0.29, 0.717) is 0 Å². The molecule has 1 aliphatic heterocycles. The van der Waals surface area contributed by atoms with Crippen LogP contribution in [0.1, 0.15) is 22.3 Å². The second-order valence-corrected chi connectivity index (χ2v) is 15.4. The molecule has 1 aliphatic rings. The van der Waals surface area contributed by atoms with Gasteiger partial charge in [-0.05, 0) is 99.5 Å². The van der Waals surface area contributed by atoms with Gasteiger partial charge in [0.15, 0.2) is 22.0 Å². The number of para-hydroxylation sites is 4. The summed E-state index contributed by atoms with van der Waals surface area (Å²) in [6, 6.07) is 54.6. The number of anilines is 4. The second-order valence-electron chi connectivity index (χ2n) is 13.5. The Balaban J connectivity index is 1.64. The molecule has 0 aliphatic carbocycles. The standard InChI is InChI=1S/C48H46N6S2/c1-35-25-29-41(30-26-35)53-45(51-43-23-13-11-17-37(43)3)46(52-44-24-14-12-18-38(44)4)54(42-31-27-36(2)28-32-42)48(50-40-21-9-6-10-22-40)56-34-16-15-33-55-47(53)49-39-19-7-5-8-20-39/h5-32,51-52H,33-34H2,1-4H3/b16-15+,46-45-,49-47?,50-48?. The van der Waals surface area contributed by atoms with E-state index in [1.807, 2.05) is 36.4 Å². The lowest BCUT2D eigenvalue weighted by Crippen LogP contribution is -2.41. The quantitative estimate of drug-likeness (QED) is 0.150. The number of nitrogens with zero attached hydrogens (tertiary/aromatic N) is 4. The van der Waals surface area contributed by atoms with E-state index >= 15 is 0 Å². The van der Waals surface area contributed by atoms with Gasteiger partial charge >= 0.3 is 0 Å². The first-order valence-corrected chi connectivity index (χ1v) is 20.7. The fraction of sp³-hybridized carbons (Fsp3) is 0.125. The van der Waals surface area contributed by atoms with Crippen LogP contribution >= 0.6 is 23.5 Å². The summed E-state index contributed by atoms with van der Waals surface area (Å²) < 4.78 is 0. The lowest BCUT2D eigenvalue weighted by atomic mass is 10.1. The minimum absolute atomic E-state index is 0.722. The van der Waals surface area contributed by atoms with Crippen LogP contribution in [0.5, 0.6) is 0 Å². The van der Waals surface area contributed by atoms with Gasteiger partial charge in [-0.2, -0.15) is 0 Å². The number of aryl methyl sites for hydroxylation is 4. The van der Waals surface area contributed by atoms with Gasteiger partial charge in [-0.25, -0.2) is 9.98 Å². The Morgan fingerprint density at radius 2 is 0.786 bits per heavy atom. The number of rotatable bonds is 8. The van der Waals surface area contributed by atoms with E-state index in [4.69, 9.17) is 9.98 Å². The molecule has 6 aromatic rings. The largest absolute Gasteiger partial charge is 0.338 e. The molecule has 0 aromatic heterocycles. The van der Waals surface area contributed by atoms with Crippen LogP contribution in [-0.2, 0) is 0 Å². The highest BCUT2D eigenvalue weighted by Crippen LogP contribution is 2.36. The highest BCUT2D eigenvalue weighted by Gasteiger charge is 2.31. The SMILES string of the molecule is Cc1ccc(N2C(=Nc3ccccc3)SC/C=C/CSC(=Nc3ccccc3)N(c3ccc(C)cc3)/C(Nc3ccccc3C)=C\2Nc2ccccc2C)cc1. The molecule has 0 radical (unpaired) electrons. The van der Waals surface area contributed by atoms with Crippen LogP contribution in [0.25, 0.3) is 0 Å². The van der Waals surface area contributed by atoms with E-state index < -0.39 is 0 Å². The van der Waals surface area contributed by atoms with Gasteiger partial charge < -0.3 is 10.6 Å². The van der Waals surface area contributed by atoms with Crippen LogP contribution in [0.3, 0.4) is 0 Å². The number of amidine groups is 2. The summed E-state index contributed by atoms with van der Waals surface area (Å²) >= 11 is 3.40. The van der Waals surface area contributed by atoms with Gasteiger partial charge in [0, 0.05) is 34.3 Å². The van der Waals surface area contributed by atoms with Crippen molar-refractivity contribution in [3.8, 4) is 0 Å². The van der Waals surface area contributed by atoms with E-state index in [1.54, 1.807) is 23.5 Å². The molecule has 1 heterocycles. The maximum atomic E-state index is 5.41. The fourth-order valence-electron chi connectivity index (χ4n) is 6.08. The molecule has 0 saturated heterocycles. The third-order valence-electron chi connectivity index (χ3n) is 9.18. The molecule has 0 saturated carbocycles. The smallest absolute Gasteiger partial charge is 0.175 e. The molecule has 8 heteroatoms. The number of hydrogen-bond acceptors (Lipinski definition) is 6. The van der Waals surface area contributed by atoms with Crippen LogP contribution in [0.2, 0.25) is 0 Å². The minimum Gasteiger partial charge on any atom is -0.338 e. The van der Waals surface area contributed by atoms with E-state index in [9.17, 15) is 0 Å². The summed E-state index contributed by atoms with van der Waals surface area (Å²) in [6.45, 7) is 8.51. The summed E-state index contributed by atoms with van der Waals surface area (Å²) in [5.74, 6) is 3.00. The van der Waals surface area contributed by atoms with Crippen molar-refractivity contribution in [1.29, 1.82) is 0 Å². The van der Waals surface area contributed by atoms with Crippen LogP contribution in [0.15, 0.2) is 192 Å². The highest BCUT2D eigenvalue weighted by atomic mass is 32.2. The highest BCUT2D eigenvalue weighted by molar-refractivity contribution is 8.14. The predicted octanol–water partition coefficient (Wildman–Crippen LogP) is 13.0. The van der Waals surface area contributed by atoms with Gasteiger partial charge in [-0.15, -0.1) is 0 Å². The lowest BCUT2D eigenvalue weighted by molar-refractivity contribution is 1.09. The first kappa shape index (κ1) is 38.3. The summed E-state index contributed by atoms with van der Waals surface area (Å²) in [5, 5.41) is 9.60. The second kappa shape index (κ2) is 18.6. The van der Waals surface area contributed by atoms with Crippen molar-refractivity contribution < 1.29 is 0 Å². The molecule has 0 unspecified atom stereocenters. The molecule has 0 atom stereocenters. The van der Waals surface area contributed by atoms with Gasteiger partial charge in [0.1, 0.15) is 0 Å². The molecule has 0 bridgehead atoms. The van der Waals surface area contributed by atoms with Crippen molar-refractivity contribution in [2.24, 2.45) is 9.98 Å². The molecule has 7 rings (SSSR count). The molecule has 0 spiro atoms. The van der Waals surface area contributed by atoms with Crippen molar-refractivity contribution >= 4 is 68.0 Å². The molecule has 0 fully saturated rings. The van der Waals surface area contributed by atoms with Crippen molar-refractivity contribution in [3.05, 3.63) is 204 Å². The van der Waals surface area contributed by atoms with Gasteiger partial charge in [-0.3, -0.25) is 9.80 Å². The van der Waals surface area contributed by atoms with Crippen LogP contribution < -0.4 is 20.4 Å². The molecule has 56 heavy (non-hydrogen) atoms. The molecular formula is C48H46N6S2.